The van der Waals surface area contributed by atoms with E-state index in [-0.39, 0.29) is 16.7 Å². The van der Waals surface area contributed by atoms with Crippen molar-refractivity contribution in [3.63, 3.8) is 0 Å². The maximum atomic E-state index is 13.4. The lowest BCUT2D eigenvalue weighted by Gasteiger charge is -2.38. The van der Waals surface area contributed by atoms with Gasteiger partial charge in [-0.25, -0.2) is 0 Å². The third kappa shape index (κ3) is 7.00. The van der Waals surface area contributed by atoms with Crippen LogP contribution in [0.2, 0.25) is 18.1 Å². The fourth-order valence-electron chi connectivity index (χ4n) is 6.46. The Bertz CT molecular complexity index is 1210. The quantitative estimate of drug-likeness (QED) is 0.172. The highest BCUT2D eigenvalue weighted by atomic mass is 79.9. The summed E-state index contributed by atoms with van der Waals surface area (Å²) in [5.41, 5.74) is 4.73. The third-order valence-electron chi connectivity index (χ3n) is 9.55. The van der Waals surface area contributed by atoms with Gasteiger partial charge in [-0.15, -0.1) is 0 Å². The number of hydrogen-bond donors (Lipinski definition) is 2. The van der Waals surface area contributed by atoms with E-state index < -0.39 is 14.4 Å². The van der Waals surface area contributed by atoms with Crippen molar-refractivity contribution in [2.45, 2.75) is 109 Å². The van der Waals surface area contributed by atoms with Crippen LogP contribution < -0.4 is 4.74 Å². The van der Waals surface area contributed by atoms with Crippen LogP contribution in [-0.2, 0) is 17.8 Å². The van der Waals surface area contributed by atoms with Crippen LogP contribution >= 0.6 is 15.9 Å². The van der Waals surface area contributed by atoms with Gasteiger partial charge in [-0.2, -0.15) is 0 Å². The predicted molar refractivity (Wildman–Crippen MR) is 169 cm³/mol. The summed E-state index contributed by atoms with van der Waals surface area (Å²) in [6.45, 7) is 11.2. The zero-order valence-corrected chi connectivity index (χ0v) is 27.5. The summed E-state index contributed by atoms with van der Waals surface area (Å²) >= 11 is 3.69. The topological polar surface area (TPSA) is 66.8 Å². The van der Waals surface area contributed by atoms with Crippen LogP contribution in [0.15, 0.2) is 58.1 Å². The number of carbonyl (C=O) groups is 1. The molecule has 4 rings (SSSR count). The number of benzene rings is 2. The van der Waals surface area contributed by atoms with E-state index in [1.54, 1.807) is 0 Å². The molecule has 2 aromatic rings. The molecule has 218 valence electrons. The standard InChI is InChI=1S/C34H47BrO4Si/c1-6-7-9-12-23(21-34(2,3)40(4,5)38)15-16-26-29(36)20-25-19-27-30(39-22-24-13-10-8-11-14-24)18-17-28(35)32(27)33(37)31(25)26/h8,10-11,13-14,17-18,23,25,33,37-38H,6-7,9,12,15-16,19-22H2,1-5H3/t23-,25?,33?/m0/s1. The predicted octanol–water partition coefficient (Wildman–Crippen LogP) is 8.85. The van der Waals surface area contributed by atoms with Crippen molar-refractivity contribution in [3.05, 3.63) is 74.8 Å². The lowest BCUT2D eigenvalue weighted by Crippen LogP contribution is -2.40. The monoisotopic (exact) mass is 626 g/mol. The molecule has 2 unspecified atom stereocenters. The first-order valence-corrected chi connectivity index (χ1v) is 18.8. The number of ether oxygens (including phenoxy) is 1. The van der Waals surface area contributed by atoms with Gasteiger partial charge in [0.2, 0.25) is 0 Å². The first kappa shape index (κ1) is 31.2. The Morgan fingerprint density at radius 1 is 1.07 bits per heavy atom. The molecule has 0 saturated heterocycles. The van der Waals surface area contributed by atoms with Crippen LogP contribution in [0.1, 0.15) is 94.9 Å². The van der Waals surface area contributed by atoms with Gasteiger partial charge in [0.05, 0.1) is 0 Å². The molecule has 0 saturated carbocycles. The molecule has 6 heteroatoms. The molecular weight excluding hydrogens is 580 g/mol. The van der Waals surface area contributed by atoms with Gasteiger partial charge in [0.15, 0.2) is 14.1 Å². The third-order valence-corrected chi connectivity index (χ3v) is 13.8. The number of aliphatic hydroxyl groups is 1. The Morgan fingerprint density at radius 3 is 2.48 bits per heavy atom. The Hall–Kier alpha value is -1.73. The van der Waals surface area contributed by atoms with Crippen LogP contribution in [0.25, 0.3) is 0 Å². The van der Waals surface area contributed by atoms with E-state index in [9.17, 15) is 14.7 Å². The molecule has 3 atom stereocenters. The number of Topliss-reactive ketones (excluding diaryl/α,β-unsaturated/α-hetero) is 1. The highest BCUT2D eigenvalue weighted by Crippen LogP contribution is 2.51. The van der Waals surface area contributed by atoms with Gasteiger partial charge in [0.1, 0.15) is 18.5 Å². The van der Waals surface area contributed by atoms with Gasteiger partial charge in [0, 0.05) is 22.0 Å². The zero-order chi connectivity index (χ0) is 29.1. The summed E-state index contributed by atoms with van der Waals surface area (Å²) < 4.78 is 7.11. The van der Waals surface area contributed by atoms with E-state index in [0.717, 1.165) is 57.3 Å². The van der Waals surface area contributed by atoms with Gasteiger partial charge >= 0.3 is 0 Å². The van der Waals surface area contributed by atoms with Crippen LogP contribution in [0.3, 0.4) is 0 Å². The van der Waals surface area contributed by atoms with E-state index in [2.05, 4.69) is 36.7 Å². The second-order valence-electron chi connectivity index (χ2n) is 13.1. The average Bonchev–Trinajstić information content (AvgIpc) is 3.21. The van der Waals surface area contributed by atoms with Crippen LogP contribution in [0, 0.1) is 11.8 Å². The summed E-state index contributed by atoms with van der Waals surface area (Å²) in [5.74, 6) is 1.46. The molecule has 0 radical (unpaired) electrons. The SMILES string of the molecule is CCCCC[C@@H](CCC1=C2C(CC1=O)Cc1c(OCc3ccccc3)ccc(Br)c1C2O)CC(C)(C)[Si](C)(C)O. The molecule has 4 nitrogen and oxygen atoms in total. The number of fused-ring (bicyclic) bond motifs is 2. The Labute approximate surface area is 250 Å². The molecule has 40 heavy (non-hydrogen) atoms. The second kappa shape index (κ2) is 13.1. The first-order valence-electron chi connectivity index (χ1n) is 15.1. The van der Waals surface area contributed by atoms with Crippen LogP contribution in [0.4, 0.5) is 0 Å². The number of aliphatic hydroxyl groups excluding tert-OH is 1. The minimum absolute atomic E-state index is 0.0251. The van der Waals surface area contributed by atoms with E-state index in [1.807, 2.05) is 55.6 Å². The highest BCUT2D eigenvalue weighted by molar-refractivity contribution is 9.10. The number of ketones is 1. The van der Waals surface area contributed by atoms with Crippen molar-refractivity contribution in [1.29, 1.82) is 0 Å². The van der Waals surface area contributed by atoms with E-state index in [1.165, 1.54) is 19.3 Å². The summed E-state index contributed by atoms with van der Waals surface area (Å²) in [4.78, 5) is 24.3. The highest BCUT2D eigenvalue weighted by Gasteiger charge is 2.43. The van der Waals surface area contributed by atoms with Crippen molar-refractivity contribution in [2.75, 3.05) is 0 Å². The molecule has 0 aliphatic heterocycles. The molecular formula is C34H47BrO4Si. The lowest BCUT2D eigenvalue weighted by atomic mass is 9.77. The normalized spacial score (nSPS) is 19.9. The number of rotatable bonds is 13. The van der Waals surface area contributed by atoms with Crippen molar-refractivity contribution in [3.8, 4) is 5.75 Å². The Balaban J connectivity index is 1.56. The minimum Gasteiger partial charge on any atom is -0.489 e. The number of hydrogen-bond acceptors (Lipinski definition) is 4. The largest absolute Gasteiger partial charge is 0.489 e. The molecule has 2 aliphatic rings. The second-order valence-corrected chi connectivity index (χ2v) is 18.5. The molecule has 0 fully saturated rings. The van der Waals surface area contributed by atoms with Gasteiger partial charge < -0.3 is 14.6 Å². The summed E-state index contributed by atoms with van der Waals surface area (Å²) in [6, 6.07) is 14.0. The van der Waals surface area contributed by atoms with E-state index in [4.69, 9.17) is 4.74 Å². The molecule has 0 spiro atoms. The Kier molecular flexibility index (Phi) is 10.2. The average molecular weight is 628 g/mol. The summed E-state index contributed by atoms with van der Waals surface area (Å²) in [7, 11) is -2.32. The van der Waals surface area contributed by atoms with Gasteiger partial charge in [0.25, 0.3) is 0 Å². The lowest BCUT2D eigenvalue weighted by molar-refractivity contribution is -0.115. The van der Waals surface area contributed by atoms with Crippen molar-refractivity contribution in [2.24, 2.45) is 11.8 Å². The smallest absolute Gasteiger partial charge is 0.188 e. The van der Waals surface area contributed by atoms with Gasteiger partial charge in [-0.1, -0.05) is 92.7 Å². The molecule has 0 aromatic heterocycles. The molecule has 2 N–H and O–H groups in total. The molecule has 2 aromatic carbocycles. The maximum Gasteiger partial charge on any atom is 0.188 e. The van der Waals surface area contributed by atoms with E-state index in [0.29, 0.717) is 31.8 Å². The van der Waals surface area contributed by atoms with Crippen LogP contribution in [0.5, 0.6) is 5.75 Å². The minimum atomic E-state index is -2.32. The number of unbranched alkanes of at least 4 members (excludes halogenated alkanes) is 2. The molecule has 0 bridgehead atoms. The van der Waals surface area contributed by atoms with Crippen molar-refractivity contribution >= 4 is 30.0 Å². The van der Waals surface area contributed by atoms with Crippen molar-refractivity contribution in [1.82, 2.24) is 0 Å². The zero-order valence-electron chi connectivity index (χ0n) is 24.9. The van der Waals surface area contributed by atoms with Gasteiger partial charge in [-0.3, -0.25) is 4.79 Å². The number of carbonyl (C=O) groups excluding carboxylic acids is 1. The summed E-state index contributed by atoms with van der Waals surface area (Å²) in [6.07, 6.45) is 7.69. The number of halogens is 1. The summed E-state index contributed by atoms with van der Waals surface area (Å²) in [5, 5.41) is 11.6. The maximum absolute atomic E-state index is 13.4. The fraction of sp³-hybridized carbons (Fsp3) is 0.559. The first-order chi connectivity index (χ1) is 18.9. The molecule has 0 amide bonds. The van der Waals surface area contributed by atoms with E-state index >= 15 is 0 Å². The Morgan fingerprint density at radius 2 is 1.80 bits per heavy atom. The van der Waals surface area contributed by atoms with Gasteiger partial charge in [-0.05, 0) is 84.5 Å². The molecule has 2 aliphatic carbocycles. The fourth-order valence-corrected chi connectivity index (χ4v) is 7.84. The molecule has 0 heterocycles. The number of allylic oxidation sites excluding steroid dienone is 1. The van der Waals surface area contributed by atoms with Crippen molar-refractivity contribution < 1.29 is 19.4 Å². The van der Waals surface area contributed by atoms with Crippen LogP contribution in [-0.4, -0.2) is 24.0 Å².